The number of piperazine rings is 1. The summed E-state index contributed by atoms with van der Waals surface area (Å²) in [5.41, 5.74) is 3.08. The van der Waals surface area contributed by atoms with Crippen LogP contribution in [0.2, 0.25) is 0 Å². The van der Waals surface area contributed by atoms with Gasteiger partial charge in [0.2, 0.25) is 0 Å². The fourth-order valence-electron chi connectivity index (χ4n) is 3.87. The van der Waals surface area contributed by atoms with Crippen molar-refractivity contribution in [2.75, 3.05) is 51.6 Å². The van der Waals surface area contributed by atoms with Crippen molar-refractivity contribution in [3.05, 3.63) is 36.9 Å². The monoisotopic (exact) mass is 361 g/mol. The lowest BCUT2D eigenvalue weighted by Crippen LogP contribution is -2.45. The second-order valence-corrected chi connectivity index (χ2v) is 7.22. The number of aromatic nitrogens is 4. The minimum atomic E-state index is 0.870. The highest BCUT2D eigenvalue weighted by atomic mass is 15.2. The van der Waals surface area contributed by atoms with Crippen molar-refractivity contribution < 1.29 is 0 Å². The molecule has 0 aliphatic carbocycles. The molecular formula is C20H23N7. The van der Waals surface area contributed by atoms with Gasteiger partial charge in [-0.2, -0.15) is 0 Å². The zero-order valence-corrected chi connectivity index (χ0v) is 15.4. The van der Waals surface area contributed by atoms with Gasteiger partial charge in [0.1, 0.15) is 5.82 Å². The van der Waals surface area contributed by atoms with Gasteiger partial charge in [-0.05, 0) is 19.2 Å². The van der Waals surface area contributed by atoms with E-state index < -0.39 is 0 Å². The molecule has 5 rings (SSSR count). The summed E-state index contributed by atoms with van der Waals surface area (Å²) >= 11 is 0. The number of nitrogens with zero attached hydrogens (tertiary/aromatic N) is 5. The molecule has 1 saturated heterocycles. The predicted molar refractivity (Wildman–Crippen MR) is 109 cm³/mol. The zero-order chi connectivity index (χ0) is 18.2. The fraction of sp³-hybridized carbons (Fsp3) is 0.350. The summed E-state index contributed by atoms with van der Waals surface area (Å²) in [5, 5.41) is 6.80. The Morgan fingerprint density at radius 3 is 2.67 bits per heavy atom. The zero-order valence-electron chi connectivity index (χ0n) is 15.4. The van der Waals surface area contributed by atoms with Gasteiger partial charge < -0.3 is 15.2 Å². The third-order valence-corrected chi connectivity index (χ3v) is 5.45. The topological polar surface area (TPSA) is 73.0 Å². The molecule has 4 aromatic heterocycles. The van der Waals surface area contributed by atoms with Crippen LogP contribution in [-0.4, -0.2) is 76.1 Å². The van der Waals surface area contributed by atoms with Gasteiger partial charge in [-0.15, -0.1) is 0 Å². The number of hydrogen-bond acceptors (Lipinski definition) is 6. The van der Waals surface area contributed by atoms with E-state index in [2.05, 4.69) is 37.1 Å². The van der Waals surface area contributed by atoms with E-state index >= 15 is 0 Å². The van der Waals surface area contributed by atoms with E-state index in [9.17, 15) is 0 Å². The van der Waals surface area contributed by atoms with Crippen LogP contribution < -0.4 is 5.32 Å². The number of rotatable bonds is 4. The first-order chi connectivity index (χ1) is 13.3. The molecule has 0 aromatic carbocycles. The van der Waals surface area contributed by atoms with E-state index in [1.807, 2.05) is 30.7 Å². The van der Waals surface area contributed by atoms with Gasteiger partial charge in [0.15, 0.2) is 0 Å². The largest absolute Gasteiger partial charge is 0.368 e. The quantitative estimate of drug-likeness (QED) is 0.581. The second-order valence-electron chi connectivity index (χ2n) is 7.22. The van der Waals surface area contributed by atoms with Crippen LogP contribution in [0.4, 0.5) is 5.82 Å². The molecule has 0 saturated carbocycles. The van der Waals surface area contributed by atoms with Gasteiger partial charge in [-0.25, -0.2) is 4.98 Å². The first-order valence-electron chi connectivity index (χ1n) is 9.43. The van der Waals surface area contributed by atoms with Gasteiger partial charge in [-0.1, -0.05) is 0 Å². The van der Waals surface area contributed by atoms with E-state index in [-0.39, 0.29) is 0 Å². The Bertz CT molecular complexity index is 1100. The number of likely N-dealkylation sites (N-methyl/N-ethyl adjacent to an activating group) is 1. The number of H-pyrrole nitrogens is 1. The number of anilines is 1. The Morgan fingerprint density at radius 2 is 1.81 bits per heavy atom. The number of pyridine rings is 3. The van der Waals surface area contributed by atoms with E-state index in [1.165, 1.54) is 0 Å². The first-order valence-corrected chi connectivity index (χ1v) is 9.43. The average molecular weight is 361 g/mol. The number of aromatic amines is 1. The number of fused-ring (bicyclic) bond motifs is 5. The van der Waals surface area contributed by atoms with Crippen LogP contribution in [-0.2, 0) is 0 Å². The molecule has 2 N–H and O–H groups in total. The highest BCUT2D eigenvalue weighted by Gasteiger charge is 2.16. The molecule has 0 radical (unpaired) electrons. The van der Waals surface area contributed by atoms with Crippen LogP contribution in [0, 0.1) is 0 Å². The molecule has 0 spiro atoms. The van der Waals surface area contributed by atoms with Crippen molar-refractivity contribution in [1.29, 1.82) is 0 Å². The smallest absolute Gasteiger partial charge is 0.136 e. The van der Waals surface area contributed by atoms with E-state index in [0.29, 0.717) is 0 Å². The summed E-state index contributed by atoms with van der Waals surface area (Å²) in [5.74, 6) is 0.914. The second kappa shape index (κ2) is 6.75. The van der Waals surface area contributed by atoms with Gasteiger partial charge in [0, 0.05) is 80.3 Å². The molecule has 0 bridgehead atoms. The van der Waals surface area contributed by atoms with Crippen molar-refractivity contribution >= 4 is 38.5 Å². The lowest BCUT2D eigenvalue weighted by atomic mass is 10.1. The molecule has 138 valence electrons. The minimum absolute atomic E-state index is 0.870. The maximum absolute atomic E-state index is 4.89. The van der Waals surface area contributed by atoms with E-state index in [0.717, 1.165) is 77.8 Å². The molecule has 0 amide bonds. The summed E-state index contributed by atoms with van der Waals surface area (Å²) in [6.07, 6.45) is 7.39. The van der Waals surface area contributed by atoms with Gasteiger partial charge in [0.05, 0.1) is 16.4 Å². The molecule has 1 aliphatic rings. The Balaban J connectivity index is 1.50. The molecule has 5 heterocycles. The minimum Gasteiger partial charge on any atom is -0.368 e. The van der Waals surface area contributed by atoms with Crippen LogP contribution in [0.25, 0.3) is 32.7 Å². The lowest BCUT2D eigenvalue weighted by Gasteiger charge is -2.32. The standard InChI is InChI=1S/C20H23N7/c1-26-8-10-27(11-9-26)7-6-23-20-18-14-12-21-4-2-16(14)24-19(18)15-13-22-5-3-17(15)25-20/h2-5,12-13,24H,6-11H2,1H3,(H,23,25). The maximum atomic E-state index is 4.89. The Labute approximate surface area is 157 Å². The molecule has 4 aromatic rings. The fourth-order valence-corrected chi connectivity index (χ4v) is 3.87. The normalized spacial score (nSPS) is 16.5. The van der Waals surface area contributed by atoms with Crippen molar-refractivity contribution in [2.45, 2.75) is 0 Å². The van der Waals surface area contributed by atoms with Gasteiger partial charge >= 0.3 is 0 Å². The van der Waals surface area contributed by atoms with Gasteiger partial charge in [-0.3, -0.25) is 14.9 Å². The average Bonchev–Trinajstić information content (AvgIpc) is 3.10. The first kappa shape index (κ1) is 16.4. The third-order valence-electron chi connectivity index (χ3n) is 5.45. The molecule has 0 unspecified atom stereocenters. The molecule has 1 fully saturated rings. The number of hydrogen-bond donors (Lipinski definition) is 2. The van der Waals surface area contributed by atoms with E-state index in [1.54, 1.807) is 6.20 Å². The molecule has 0 atom stereocenters. The van der Waals surface area contributed by atoms with E-state index in [4.69, 9.17) is 4.98 Å². The van der Waals surface area contributed by atoms with Crippen LogP contribution in [0.1, 0.15) is 0 Å². The lowest BCUT2D eigenvalue weighted by molar-refractivity contribution is 0.158. The predicted octanol–water partition coefficient (Wildman–Crippen LogP) is 2.32. The van der Waals surface area contributed by atoms with Crippen molar-refractivity contribution in [3.8, 4) is 0 Å². The van der Waals surface area contributed by atoms with Crippen molar-refractivity contribution in [2.24, 2.45) is 0 Å². The van der Waals surface area contributed by atoms with Crippen molar-refractivity contribution in [3.63, 3.8) is 0 Å². The van der Waals surface area contributed by atoms with Crippen LogP contribution in [0.15, 0.2) is 36.9 Å². The van der Waals surface area contributed by atoms with Gasteiger partial charge in [0.25, 0.3) is 0 Å². The number of nitrogens with one attached hydrogen (secondary N) is 2. The van der Waals surface area contributed by atoms with Crippen molar-refractivity contribution in [1.82, 2.24) is 29.7 Å². The molecule has 7 heteroatoms. The summed E-state index contributed by atoms with van der Waals surface area (Å²) in [6, 6.07) is 3.97. The maximum Gasteiger partial charge on any atom is 0.136 e. The third kappa shape index (κ3) is 2.98. The van der Waals surface area contributed by atoms with Crippen LogP contribution >= 0.6 is 0 Å². The Morgan fingerprint density at radius 1 is 1.04 bits per heavy atom. The Kier molecular flexibility index (Phi) is 4.10. The molecule has 27 heavy (non-hydrogen) atoms. The SMILES string of the molecule is CN1CCN(CCNc2nc3ccncc3c3[nH]c4ccncc4c23)CC1. The summed E-state index contributed by atoms with van der Waals surface area (Å²) in [4.78, 5) is 21.9. The summed E-state index contributed by atoms with van der Waals surface area (Å²) in [6.45, 7) is 6.42. The molecule has 7 nitrogen and oxygen atoms in total. The summed E-state index contributed by atoms with van der Waals surface area (Å²) in [7, 11) is 2.19. The van der Waals surface area contributed by atoms with Crippen LogP contribution in [0.3, 0.4) is 0 Å². The highest BCUT2D eigenvalue weighted by molar-refractivity contribution is 6.19. The Hall–Kier alpha value is -2.77. The summed E-state index contributed by atoms with van der Waals surface area (Å²) < 4.78 is 0. The molecule has 1 aliphatic heterocycles. The van der Waals surface area contributed by atoms with Crippen LogP contribution in [0.5, 0.6) is 0 Å². The highest BCUT2D eigenvalue weighted by Crippen LogP contribution is 2.34. The molecular weight excluding hydrogens is 338 g/mol.